The van der Waals surface area contributed by atoms with E-state index in [-0.39, 0.29) is 23.5 Å². The maximum Gasteiger partial charge on any atom is 0.251 e. The number of para-hydroxylation sites is 1. The van der Waals surface area contributed by atoms with Crippen molar-refractivity contribution in [3.63, 3.8) is 0 Å². The number of carbonyl (C=O) groups excluding carboxylic acids is 1. The van der Waals surface area contributed by atoms with Crippen LogP contribution < -0.4 is 14.8 Å². The summed E-state index contributed by atoms with van der Waals surface area (Å²) in [6.45, 7) is 0.189. The first-order chi connectivity index (χ1) is 11.5. The summed E-state index contributed by atoms with van der Waals surface area (Å²) < 4.78 is 33.0. The minimum atomic E-state index is -3.65. The second-order valence-corrected chi connectivity index (χ2v) is 7.27. The first-order valence-corrected chi connectivity index (χ1v) is 9.04. The number of hydrogen-bond donors (Lipinski definition) is 2. The van der Waals surface area contributed by atoms with Gasteiger partial charge in [0.15, 0.2) is 0 Å². The molecular weight excluding hydrogens is 328 g/mol. The van der Waals surface area contributed by atoms with Gasteiger partial charge in [-0.15, -0.1) is 0 Å². The number of hydrogen-bond acceptors (Lipinski definition) is 4. The molecule has 3 rings (SSSR count). The molecule has 1 atom stereocenters. The van der Waals surface area contributed by atoms with Crippen LogP contribution in [0.2, 0.25) is 0 Å². The maximum absolute atomic E-state index is 12.3. The average molecular weight is 346 g/mol. The normalized spacial score (nSPS) is 16.3. The number of benzene rings is 2. The predicted molar refractivity (Wildman–Crippen MR) is 89.6 cm³/mol. The Morgan fingerprint density at radius 2 is 1.88 bits per heavy atom. The van der Waals surface area contributed by atoms with E-state index < -0.39 is 10.0 Å². The molecule has 6 nitrogen and oxygen atoms in total. The van der Waals surface area contributed by atoms with Crippen LogP contribution in [0.4, 0.5) is 0 Å². The highest BCUT2D eigenvalue weighted by atomic mass is 32.2. The Bertz CT molecular complexity index is 822. The number of ether oxygens (including phenoxy) is 1. The number of rotatable bonds is 5. The molecule has 7 heteroatoms. The van der Waals surface area contributed by atoms with Gasteiger partial charge in [0.1, 0.15) is 11.9 Å². The van der Waals surface area contributed by atoms with E-state index in [0.29, 0.717) is 12.0 Å². The Kier molecular flexibility index (Phi) is 4.55. The number of fused-ring (bicyclic) bond motifs is 1. The van der Waals surface area contributed by atoms with Gasteiger partial charge in [-0.05, 0) is 35.9 Å². The monoisotopic (exact) mass is 346 g/mol. The first-order valence-electron chi connectivity index (χ1n) is 7.56. The fourth-order valence-electron chi connectivity index (χ4n) is 2.58. The minimum Gasteiger partial charge on any atom is -0.488 e. The third-order valence-electron chi connectivity index (χ3n) is 3.87. The molecule has 1 amide bonds. The molecule has 126 valence electrons. The van der Waals surface area contributed by atoms with Crippen LogP contribution in [0.15, 0.2) is 53.4 Å². The number of nitrogens with one attached hydrogen (secondary N) is 2. The van der Waals surface area contributed by atoms with E-state index in [2.05, 4.69) is 10.0 Å². The molecule has 1 aliphatic rings. The maximum atomic E-state index is 12.3. The first kappa shape index (κ1) is 16.5. The topological polar surface area (TPSA) is 84.5 Å². The smallest absolute Gasteiger partial charge is 0.251 e. The van der Waals surface area contributed by atoms with E-state index in [1.54, 1.807) is 0 Å². The minimum absolute atomic E-state index is 0.116. The van der Waals surface area contributed by atoms with E-state index in [1.807, 2.05) is 24.3 Å². The second-order valence-electron chi connectivity index (χ2n) is 5.51. The van der Waals surface area contributed by atoms with Crippen molar-refractivity contribution in [2.75, 3.05) is 13.6 Å². The van der Waals surface area contributed by atoms with Gasteiger partial charge in [0, 0.05) is 25.6 Å². The summed E-state index contributed by atoms with van der Waals surface area (Å²) in [5, 5.41) is 2.49. The summed E-state index contributed by atoms with van der Waals surface area (Å²) >= 11 is 0. The van der Waals surface area contributed by atoms with E-state index in [0.717, 1.165) is 11.3 Å². The van der Waals surface area contributed by atoms with Gasteiger partial charge in [0.25, 0.3) is 5.91 Å². The van der Waals surface area contributed by atoms with Crippen LogP contribution in [0, 0.1) is 0 Å². The van der Waals surface area contributed by atoms with Gasteiger partial charge in [-0.25, -0.2) is 13.1 Å². The molecule has 1 aliphatic heterocycles. The largest absolute Gasteiger partial charge is 0.488 e. The Balaban J connectivity index is 1.64. The molecule has 2 N–H and O–H groups in total. The highest BCUT2D eigenvalue weighted by Crippen LogP contribution is 2.27. The second kappa shape index (κ2) is 6.62. The molecule has 0 fully saturated rings. The molecule has 2 aromatic carbocycles. The van der Waals surface area contributed by atoms with Gasteiger partial charge in [0.05, 0.1) is 4.90 Å². The van der Waals surface area contributed by atoms with Crippen LogP contribution in [0.3, 0.4) is 0 Å². The zero-order chi connectivity index (χ0) is 17.2. The van der Waals surface area contributed by atoms with Crippen molar-refractivity contribution in [1.82, 2.24) is 10.0 Å². The van der Waals surface area contributed by atoms with Gasteiger partial charge in [-0.2, -0.15) is 0 Å². The lowest BCUT2D eigenvalue weighted by Gasteiger charge is -2.12. The lowest BCUT2D eigenvalue weighted by atomic mass is 10.1. The standard InChI is InChI=1S/C17H18N2O4S/c1-18-17(20)12-6-8-15(9-7-12)24(21,22)19-11-14-10-13-4-2-3-5-16(13)23-14/h2-9,14,19H,10-11H2,1H3,(H,18,20). The van der Waals surface area contributed by atoms with Crippen LogP contribution in [-0.2, 0) is 16.4 Å². The Morgan fingerprint density at radius 3 is 2.54 bits per heavy atom. The van der Waals surface area contributed by atoms with E-state index >= 15 is 0 Å². The highest BCUT2D eigenvalue weighted by molar-refractivity contribution is 7.89. The van der Waals surface area contributed by atoms with Crippen LogP contribution in [0.25, 0.3) is 0 Å². The Labute approximate surface area is 140 Å². The summed E-state index contributed by atoms with van der Waals surface area (Å²) in [6.07, 6.45) is 0.455. The molecular formula is C17H18N2O4S. The van der Waals surface area contributed by atoms with Crippen LogP contribution in [0.1, 0.15) is 15.9 Å². The zero-order valence-corrected chi connectivity index (χ0v) is 14.0. The van der Waals surface area contributed by atoms with Crippen LogP contribution in [-0.4, -0.2) is 34.0 Å². The van der Waals surface area contributed by atoms with Crippen molar-refractivity contribution in [2.24, 2.45) is 0 Å². The Morgan fingerprint density at radius 1 is 1.17 bits per heavy atom. The molecule has 0 bridgehead atoms. The fraction of sp³-hybridized carbons (Fsp3) is 0.235. The quantitative estimate of drug-likeness (QED) is 0.855. The zero-order valence-electron chi connectivity index (χ0n) is 13.2. The van der Waals surface area contributed by atoms with Gasteiger partial charge < -0.3 is 10.1 Å². The molecule has 0 radical (unpaired) electrons. The molecule has 0 saturated carbocycles. The highest BCUT2D eigenvalue weighted by Gasteiger charge is 2.24. The number of carbonyl (C=O) groups is 1. The molecule has 1 heterocycles. The average Bonchev–Trinajstić information content (AvgIpc) is 3.02. The van der Waals surface area contributed by atoms with Crippen molar-refractivity contribution in [2.45, 2.75) is 17.4 Å². The third-order valence-corrected chi connectivity index (χ3v) is 5.31. The lowest BCUT2D eigenvalue weighted by molar-refractivity contribution is 0.0963. The lowest BCUT2D eigenvalue weighted by Crippen LogP contribution is -2.34. The molecule has 0 spiro atoms. The van der Waals surface area contributed by atoms with Gasteiger partial charge in [0.2, 0.25) is 10.0 Å². The van der Waals surface area contributed by atoms with Gasteiger partial charge >= 0.3 is 0 Å². The molecule has 0 aromatic heterocycles. The molecule has 0 saturated heterocycles. The van der Waals surface area contributed by atoms with Gasteiger partial charge in [-0.3, -0.25) is 4.79 Å². The summed E-state index contributed by atoms with van der Waals surface area (Å²) in [4.78, 5) is 11.6. The van der Waals surface area contributed by atoms with Crippen molar-refractivity contribution in [1.29, 1.82) is 0 Å². The van der Waals surface area contributed by atoms with Gasteiger partial charge in [-0.1, -0.05) is 18.2 Å². The summed E-state index contributed by atoms with van der Waals surface area (Å²) in [5.74, 6) is 0.542. The summed E-state index contributed by atoms with van der Waals surface area (Å²) in [6, 6.07) is 13.5. The number of sulfonamides is 1. The summed E-state index contributed by atoms with van der Waals surface area (Å²) in [5.41, 5.74) is 1.49. The van der Waals surface area contributed by atoms with Crippen LogP contribution in [0.5, 0.6) is 5.75 Å². The van der Waals surface area contributed by atoms with E-state index in [1.165, 1.54) is 31.3 Å². The number of amides is 1. The van der Waals surface area contributed by atoms with E-state index in [4.69, 9.17) is 4.74 Å². The SMILES string of the molecule is CNC(=O)c1ccc(S(=O)(=O)NCC2Cc3ccccc3O2)cc1. The van der Waals surface area contributed by atoms with Crippen molar-refractivity contribution in [3.8, 4) is 5.75 Å². The molecule has 2 aromatic rings. The molecule has 1 unspecified atom stereocenters. The van der Waals surface area contributed by atoms with Crippen molar-refractivity contribution >= 4 is 15.9 Å². The molecule has 24 heavy (non-hydrogen) atoms. The third kappa shape index (κ3) is 3.42. The molecule has 0 aliphatic carbocycles. The van der Waals surface area contributed by atoms with Crippen molar-refractivity contribution < 1.29 is 17.9 Å². The van der Waals surface area contributed by atoms with Crippen LogP contribution >= 0.6 is 0 Å². The Hall–Kier alpha value is -2.38. The van der Waals surface area contributed by atoms with E-state index in [9.17, 15) is 13.2 Å². The predicted octanol–water partition coefficient (Wildman–Crippen LogP) is 1.33. The fourth-order valence-corrected chi connectivity index (χ4v) is 3.65. The van der Waals surface area contributed by atoms with Crippen molar-refractivity contribution in [3.05, 3.63) is 59.7 Å². The summed E-state index contributed by atoms with van der Waals surface area (Å²) in [7, 11) is -2.12.